The van der Waals surface area contributed by atoms with Gasteiger partial charge in [0.1, 0.15) is 5.54 Å². The predicted molar refractivity (Wildman–Crippen MR) is 108 cm³/mol. The zero-order chi connectivity index (χ0) is 21.6. The van der Waals surface area contributed by atoms with Gasteiger partial charge in [-0.05, 0) is 49.2 Å². The first kappa shape index (κ1) is 21.1. The number of carbonyl (C=O) groups is 3. The van der Waals surface area contributed by atoms with Gasteiger partial charge in [0.05, 0.1) is 17.9 Å². The van der Waals surface area contributed by atoms with Crippen molar-refractivity contribution in [1.82, 2.24) is 4.90 Å². The Kier molecular flexibility index (Phi) is 6.52. The Labute approximate surface area is 174 Å². The summed E-state index contributed by atoms with van der Waals surface area (Å²) < 4.78 is 10.1. The normalized spacial score (nSPS) is 14.9. The number of likely N-dealkylation sites (N-methyl/N-ethyl adjacent to an activating group) is 1. The number of rotatable bonds is 6. The van der Waals surface area contributed by atoms with E-state index >= 15 is 0 Å². The van der Waals surface area contributed by atoms with Gasteiger partial charge in [0.15, 0.2) is 12.4 Å². The minimum absolute atomic E-state index is 0.175. The van der Waals surface area contributed by atoms with Crippen molar-refractivity contribution in [3.8, 4) is 6.07 Å². The van der Waals surface area contributed by atoms with Crippen molar-refractivity contribution in [2.24, 2.45) is 0 Å². The summed E-state index contributed by atoms with van der Waals surface area (Å²) in [4.78, 5) is 38.1. The van der Waals surface area contributed by atoms with Crippen LogP contribution in [0.1, 0.15) is 53.0 Å². The molecule has 3 rings (SSSR count). The van der Waals surface area contributed by atoms with Crippen molar-refractivity contribution in [3.05, 3.63) is 54.0 Å². The van der Waals surface area contributed by atoms with Crippen LogP contribution in [0.2, 0.25) is 0 Å². The average molecular weight is 409 g/mol. The molecule has 0 aliphatic heterocycles. The van der Waals surface area contributed by atoms with Gasteiger partial charge in [0, 0.05) is 12.7 Å². The fourth-order valence-electron chi connectivity index (χ4n) is 3.50. The van der Waals surface area contributed by atoms with Crippen molar-refractivity contribution < 1.29 is 23.5 Å². The van der Waals surface area contributed by atoms with Crippen molar-refractivity contribution in [3.63, 3.8) is 0 Å². The highest BCUT2D eigenvalue weighted by atomic mass is 16.5. The molecule has 1 aromatic heterocycles. The van der Waals surface area contributed by atoms with Crippen LogP contribution in [0.5, 0.6) is 0 Å². The Balaban J connectivity index is 1.53. The number of esters is 1. The number of furan rings is 1. The van der Waals surface area contributed by atoms with E-state index in [0.29, 0.717) is 18.5 Å². The predicted octanol–water partition coefficient (Wildman–Crippen LogP) is 3.37. The summed E-state index contributed by atoms with van der Waals surface area (Å²) in [6.45, 7) is -0.435. The van der Waals surface area contributed by atoms with Gasteiger partial charge in [0.25, 0.3) is 11.8 Å². The highest BCUT2D eigenvalue weighted by Crippen LogP contribution is 2.32. The van der Waals surface area contributed by atoms with Crippen LogP contribution in [0.3, 0.4) is 0 Å². The second-order valence-electron chi connectivity index (χ2n) is 7.24. The Morgan fingerprint density at radius 1 is 1.17 bits per heavy atom. The van der Waals surface area contributed by atoms with Crippen LogP contribution in [-0.4, -0.2) is 41.9 Å². The second-order valence-corrected chi connectivity index (χ2v) is 7.24. The van der Waals surface area contributed by atoms with Crippen LogP contribution in [0, 0.1) is 11.3 Å². The van der Waals surface area contributed by atoms with Crippen LogP contribution >= 0.6 is 0 Å². The van der Waals surface area contributed by atoms with Gasteiger partial charge in [-0.3, -0.25) is 9.59 Å². The lowest BCUT2D eigenvalue weighted by atomic mass is 9.81. The maximum absolute atomic E-state index is 12.5. The van der Waals surface area contributed by atoms with Gasteiger partial charge < -0.3 is 19.4 Å². The first-order valence-electron chi connectivity index (χ1n) is 9.75. The molecule has 1 fully saturated rings. The molecular formula is C22H23N3O5. The summed E-state index contributed by atoms with van der Waals surface area (Å²) in [7, 11) is 1.58. The Morgan fingerprint density at radius 2 is 1.87 bits per heavy atom. The van der Waals surface area contributed by atoms with E-state index in [0.717, 1.165) is 19.3 Å². The van der Waals surface area contributed by atoms with Crippen LogP contribution in [0.25, 0.3) is 0 Å². The molecule has 1 aliphatic carbocycles. The number of nitrogens with zero attached hydrogens (tertiary/aromatic N) is 2. The average Bonchev–Trinajstić information content (AvgIpc) is 3.33. The van der Waals surface area contributed by atoms with Gasteiger partial charge in [-0.2, -0.15) is 5.26 Å². The summed E-state index contributed by atoms with van der Waals surface area (Å²) in [5, 5.41) is 12.2. The standard InChI is InChI=1S/C22H23N3O5/c1-25(22(15-23)11-3-2-4-12-22)19(26)14-30-21(28)16-7-9-17(10-8-16)24-20(27)18-6-5-13-29-18/h5-10,13H,2-4,11-12,14H2,1H3,(H,24,27). The number of hydrogen-bond donors (Lipinski definition) is 1. The van der Waals surface area contributed by atoms with Crippen molar-refractivity contribution in [1.29, 1.82) is 5.26 Å². The molecule has 0 spiro atoms. The van der Waals surface area contributed by atoms with Crippen molar-refractivity contribution in [2.45, 2.75) is 37.6 Å². The number of ether oxygens (including phenoxy) is 1. The minimum atomic E-state index is -0.824. The number of anilines is 1. The Hall–Kier alpha value is -3.60. The molecule has 8 nitrogen and oxygen atoms in total. The lowest BCUT2D eigenvalue weighted by Crippen LogP contribution is -2.51. The lowest BCUT2D eigenvalue weighted by Gasteiger charge is -2.38. The topological polar surface area (TPSA) is 113 Å². The number of benzene rings is 1. The zero-order valence-corrected chi connectivity index (χ0v) is 16.7. The Morgan fingerprint density at radius 3 is 2.47 bits per heavy atom. The largest absolute Gasteiger partial charge is 0.459 e. The number of nitriles is 1. The van der Waals surface area contributed by atoms with E-state index in [-0.39, 0.29) is 11.3 Å². The van der Waals surface area contributed by atoms with Crippen LogP contribution < -0.4 is 5.32 Å². The van der Waals surface area contributed by atoms with E-state index in [4.69, 9.17) is 9.15 Å². The molecule has 1 saturated carbocycles. The van der Waals surface area contributed by atoms with Crippen LogP contribution in [0.15, 0.2) is 47.1 Å². The van der Waals surface area contributed by atoms with E-state index in [1.54, 1.807) is 31.3 Å². The third-order valence-corrected chi connectivity index (χ3v) is 5.36. The quantitative estimate of drug-likeness (QED) is 0.732. The molecule has 0 unspecified atom stereocenters. The van der Waals surface area contributed by atoms with Crippen LogP contribution in [-0.2, 0) is 9.53 Å². The minimum Gasteiger partial charge on any atom is -0.459 e. The summed E-state index contributed by atoms with van der Waals surface area (Å²) in [6.07, 6.45) is 5.51. The highest BCUT2D eigenvalue weighted by molar-refractivity contribution is 6.02. The fraction of sp³-hybridized carbons (Fsp3) is 0.364. The van der Waals surface area contributed by atoms with Gasteiger partial charge in [-0.15, -0.1) is 0 Å². The number of hydrogen-bond acceptors (Lipinski definition) is 6. The molecule has 1 N–H and O–H groups in total. The molecule has 2 aromatic rings. The maximum Gasteiger partial charge on any atom is 0.338 e. The monoisotopic (exact) mass is 409 g/mol. The SMILES string of the molecule is CN(C(=O)COC(=O)c1ccc(NC(=O)c2ccco2)cc1)C1(C#N)CCCCC1. The van der Waals surface area contributed by atoms with Crippen LogP contribution in [0.4, 0.5) is 5.69 Å². The fourth-order valence-corrected chi connectivity index (χ4v) is 3.50. The molecule has 0 radical (unpaired) electrons. The number of carbonyl (C=O) groups excluding carboxylic acids is 3. The van der Waals surface area contributed by atoms with Gasteiger partial charge in [-0.25, -0.2) is 4.79 Å². The van der Waals surface area contributed by atoms with Crippen molar-refractivity contribution >= 4 is 23.5 Å². The van der Waals surface area contributed by atoms with E-state index < -0.39 is 29.9 Å². The number of amides is 2. The summed E-state index contributed by atoms with van der Waals surface area (Å²) >= 11 is 0. The molecule has 1 heterocycles. The van der Waals surface area contributed by atoms with E-state index in [2.05, 4.69) is 11.4 Å². The summed E-state index contributed by atoms with van der Waals surface area (Å²) in [5.74, 6) is -1.29. The van der Waals surface area contributed by atoms with Crippen molar-refractivity contribution in [2.75, 3.05) is 19.0 Å². The van der Waals surface area contributed by atoms with E-state index in [9.17, 15) is 19.6 Å². The molecule has 2 amide bonds. The molecule has 30 heavy (non-hydrogen) atoms. The summed E-state index contributed by atoms with van der Waals surface area (Å²) in [6, 6.07) is 11.5. The third kappa shape index (κ3) is 4.69. The smallest absolute Gasteiger partial charge is 0.338 e. The maximum atomic E-state index is 12.5. The first-order valence-corrected chi connectivity index (χ1v) is 9.75. The summed E-state index contributed by atoms with van der Waals surface area (Å²) in [5.41, 5.74) is -0.0959. The lowest BCUT2D eigenvalue weighted by molar-refractivity contribution is -0.138. The molecule has 8 heteroatoms. The molecule has 1 aromatic carbocycles. The molecule has 156 valence electrons. The van der Waals surface area contributed by atoms with Gasteiger partial charge in [0.2, 0.25) is 0 Å². The third-order valence-electron chi connectivity index (χ3n) is 5.36. The number of nitrogens with one attached hydrogen (secondary N) is 1. The van der Waals surface area contributed by atoms with E-state index in [1.165, 1.54) is 23.3 Å². The molecular weight excluding hydrogens is 386 g/mol. The first-order chi connectivity index (χ1) is 14.4. The highest BCUT2D eigenvalue weighted by Gasteiger charge is 2.39. The zero-order valence-electron chi connectivity index (χ0n) is 16.7. The Bertz CT molecular complexity index is 938. The molecule has 0 atom stereocenters. The van der Waals surface area contributed by atoms with Gasteiger partial charge >= 0.3 is 5.97 Å². The molecule has 0 saturated heterocycles. The second kappa shape index (κ2) is 9.27. The molecule has 1 aliphatic rings. The molecule has 0 bridgehead atoms. The van der Waals surface area contributed by atoms with E-state index in [1.807, 2.05) is 0 Å². The van der Waals surface area contributed by atoms with Gasteiger partial charge in [-0.1, -0.05) is 19.3 Å².